The van der Waals surface area contributed by atoms with Crippen LogP contribution in [0, 0.1) is 34.0 Å². The summed E-state index contributed by atoms with van der Waals surface area (Å²) in [6.45, 7) is 36.3. The molecule has 296 valence electrons. The molecule has 0 saturated carbocycles. The van der Waals surface area contributed by atoms with Gasteiger partial charge in [0.1, 0.15) is 0 Å². The van der Waals surface area contributed by atoms with Gasteiger partial charge in [-0.25, -0.2) is 0 Å². The predicted octanol–water partition coefficient (Wildman–Crippen LogP) is 15.7. The molecule has 0 amide bonds. The summed E-state index contributed by atoms with van der Waals surface area (Å²) in [4.78, 5) is 2.88. The van der Waals surface area contributed by atoms with Crippen LogP contribution in [0.3, 0.4) is 0 Å². The van der Waals surface area contributed by atoms with Crippen molar-refractivity contribution in [1.82, 2.24) is 4.90 Å². The lowest BCUT2D eigenvalue weighted by molar-refractivity contribution is -0.0359. The van der Waals surface area contributed by atoms with Crippen molar-refractivity contribution >= 4 is 0 Å². The Morgan fingerprint density at radius 1 is 0.963 bits per heavy atom. The summed E-state index contributed by atoms with van der Waals surface area (Å²) >= 11 is 0. The molecule has 0 radical (unpaired) electrons. The quantitative estimate of drug-likeness (QED) is 0.151. The van der Waals surface area contributed by atoms with Crippen LogP contribution in [-0.4, -0.2) is 17.0 Å². The summed E-state index contributed by atoms with van der Waals surface area (Å²) in [5, 5.41) is 0. The Morgan fingerprint density at radius 2 is 1.65 bits per heavy atom. The molecule has 0 aromatic heterocycles. The molecule has 0 spiro atoms. The molecule has 0 aromatic carbocycles. The SMILES string of the molecule is C=C1/C=C\C(N(CCCC/C=C\C=C2/CCC(/C=C(\C)C(C)(C)C)=C2C)C2(C(C)/C=C\C)CC(C)/C=C\C=C/CC2(C)C)=C/C(C)(C)C/C=C\C=C/C1C. The van der Waals surface area contributed by atoms with E-state index in [0.717, 1.165) is 63.5 Å². The van der Waals surface area contributed by atoms with Gasteiger partial charge in [0.05, 0.1) is 5.54 Å². The fourth-order valence-electron chi connectivity index (χ4n) is 8.59. The molecular weight excluding hydrogens is 651 g/mol. The van der Waals surface area contributed by atoms with Crippen LogP contribution in [0.15, 0.2) is 143 Å². The normalized spacial score (nSPS) is 30.8. The number of hydrogen-bond donors (Lipinski definition) is 0. The second-order valence-corrected chi connectivity index (χ2v) is 19.1. The van der Waals surface area contributed by atoms with E-state index >= 15 is 0 Å². The maximum atomic E-state index is 4.54. The Bertz CT molecular complexity index is 1610. The Kier molecular flexibility index (Phi) is 16.7. The third-order valence-corrected chi connectivity index (χ3v) is 12.7. The average Bonchev–Trinajstić information content (AvgIpc) is 3.45. The summed E-state index contributed by atoms with van der Waals surface area (Å²) in [7, 11) is 0. The van der Waals surface area contributed by atoms with Gasteiger partial charge >= 0.3 is 0 Å². The molecule has 3 aliphatic carbocycles. The molecule has 54 heavy (non-hydrogen) atoms. The third kappa shape index (κ3) is 12.3. The molecule has 0 aromatic rings. The van der Waals surface area contributed by atoms with Gasteiger partial charge in [-0.3, -0.25) is 0 Å². The van der Waals surface area contributed by atoms with E-state index in [9.17, 15) is 0 Å². The number of unbranched alkanes of at least 4 members (excludes halogenated alkanes) is 2. The Balaban J connectivity index is 2.04. The first-order chi connectivity index (χ1) is 25.3. The first-order valence-electron chi connectivity index (χ1n) is 21.3. The lowest BCUT2D eigenvalue weighted by Crippen LogP contribution is -2.62. The minimum Gasteiger partial charge on any atom is -0.365 e. The smallest absolute Gasteiger partial charge is 0.0521 e. The highest BCUT2D eigenvalue weighted by Gasteiger charge is 2.52. The van der Waals surface area contributed by atoms with Crippen molar-refractivity contribution in [2.45, 2.75) is 147 Å². The van der Waals surface area contributed by atoms with Crippen molar-refractivity contribution in [3.63, 3.8) is 0 Å². The van der Waals surface area contributed by atoms with Gasteiger partial charge in [0.2, 0.25) is 0 Å². The first kappa shape index (κ1) is 45.1. The molecule has 0 aliphatic heterocycles. The Labute approximate surface area is 334 Å². The van der Waals surface area contributed by atoms with E-state index in [-0.39, 0.29) is 27.7 Å². The van der Waals surface area contributed by atoms with Crippen LogP contribution in [0.4, 0.5) is 0 Å². The molecule has 3 aliphatic rings. The second kappa shape index (κ2) is 20.0. The van der Waals surface area contributed by atoms with Gasteiger partial charge in [0.25, 0.3) is 0 Å². The topological polar surface area (TPSA) is 3.24 Å². The minimum absolute atomic E-state index is 0.00360. The maximum absolute atomic E-state index is 4.54. The van der Waals surface area contributed by atoms with E-state index in [2.05, 4.69) is 205 Å². The van der Waals surface area contributed by atoms with Gasteiger partial charge in [0.15, 0.2) is 0 Å². The van der Waals surface area contributed by atoms with Crippen molar-refractivity contribution in [1.29, 1.82) is 0 Å². The van der Waals surface area contributed by atoms with Crippen LogP contribution in [-0.2, 0) is 0 Å². The lowest BCUT2D eigenvalue weighted by atomic mass is 9.59. The van der Waals surface area contributed by atoms with Gasteiger partial charge in [-0.2, -0.15) is 0 Å². The standard InChI is InChI=1S/C53H79N/c1-15-27-44(5)53(39-41(2)28-21-19-25-36-52(53,13)14)54(49-34-31-43(4)42(3)29-22-20-24-35-51(11,12)40-49)37-26-18-16-17-23-30-47-32-33-48(46(47)7)38-45(6)50(8,9)10/h15,17,19-25,27-31,34,38,40-42,44H,4,16,18,26,32-33,35-37,39H2,1-3,5-14H3/b23-17-,24-20-,25-19-,27-15-,28-21-,29-22-,34-31-,45-38+,47-30+,49-40+. The van der Waals surface area contributed by atoms with Gasteiger partial charge in [-0.1, -0.05) is 179 Å². The molecule has 0 bridgehead atoms. The van der Waals surface area contributed by atoms with Gasteiger partial charge in [-0.15, -0.1) is 0 Å². The fourth-order valence-corrected chi connectivity index (χ4v) is 8.59. The maximum Gasteiger partial charge on any atom is 0.0521 e. The van der Waals surface area contributed by atoms with Crippen LogP contribution in [0.2, 0.25) is 0 Å². The fraction of sp³-hybridized carbons (Fsp3) is 0.547. The van der Waals surface area contributed by atoms with E-state index in [4.69, 9.17) is 0 Å². The predicted molar refractivity (Wildman–Crippen MR) is 242 cm³/mol. The van der Waals surface area contributed by atoms with Crippen LogP contribution >= 0.6 is 0 Å². The summed E-state index contributed by atoms with van der Waals surface area (Å²) in [6.07, 6.45) is 48.8. The van der Waals surface area contributed by atoms with E-state index < -0.39 is 0 Å². The zero-order chi connectivity index (χ0) is 40.2. The third-order valence-electron chi connectivity index (χ3n) is 12.7. The van der Waals surface area contributed by atoms with Crippen LogP contribution in [0.5, 0.6) is 0 Å². The summed E-state index contributed by atoms with van der Waals surface area (Å²) in [5.41, 5.74) is 8.49. The number of allylic oxidation sites excluding steroid dienone is 21. The van der Waals surface area contributed by atoms with Crippen molar-refractivity contribution in [2.24, 2.45) is 34.0 Å². The van der Waals surface area contributed by atoms with Crippen molar-refractivity contribution < 1.29 is 0 Å². The van der Waals surface area contributed by atoms with E-state index in [1.54, 1.807) is 0 Å². The van der Waals surface area contributed by atoms with Gasteiger partial charge < -0.3 is 4.90 Å². The number of rotatable bonds is 11. The summed E-state index contributed by atoms with van der Waals surface area (Å²) in [6, 6.07) is 0. The van der Waals surface area contributed by atoms with E-state index in [1.165, 1.54) is 28.0 Å². The molecule has 4 atom stereocenters. The second-order valence-electron chi connectivity index (χ2n) is 19.1. The van der Waals surface area contributed by atoms with Gasteiger partial charge in [-0.05, 0) is 135 Å². The van der Waals surface area contributed by atoms with Gasteiger partial charge in [0, 0.05) is 12.2 Å². The molecule has 0 heterocycles. The molecule has 0 saturated heterocycles. The van der Waals surface area contributed by atoms with Crippen LogP contribution < -0.4 is 0 Å². The Morgan fingerprint density at radius 3 is 2.33 bits per heavy atom. The molecule has 1 heteroatoms. The highest BCUT2D eigenvalue weighted by molar-refractivity contribution is 5.47. The number of hydrogen-bond acceptors (Lipinski definition) is 1. The average molecular weight is 730 g/mol. The monoisotopic (exact) mass is 730 g/mol. The van der Waals surface area contributed by atoms with E-state index in [1.807, 2.05) is 0 Å². The molecule has 0 N–H and O–H groups in total. The lowest BCUT2D eigenvalue weighted by Gasteiger charge is -2.59. The van der Waals surface area contributed by atoms with E-state index in [0.29, 0.717) is 11.8 Å². The zero-order valence-corrected chi connectivity index (χ0v) is 37.1. The molecular formula is C53H79N. The summed E-state index contributed by atoms with van der Waals surface area (Å²) in [5.74, 6) is 1.05. The Hall–Kier alpha value is -3.32. The van der Waals surface area contributed by atoms with Crippen molar-refractivity contribution in [2.75, 3.05) is 6.54 Å². The largest absolute Gasteiger partial charge is 0.365 e. The van der Waals surface area contributed by atoms with Crippen LogP contribution in [0.25, 0.3) is 0 Å². The number of nitrogens with zero attached hydrogens (tertiary/aromatic N) is 1. The zero-order valence-electron chi connectivity index (χ0n) is 37.1. The molecule has 4 unspecified atom stereocenters. The highest BCUT2D eigenvalue weighted by atomic mass is 15.2. The highest BCUT2D eigenvalue weighted by Crippen LogP contribution is 2.52. The summed E-state index contributed by atoms with van der Waals surface area (Å²) < 4.78 is 0. The van der Waals surface area contributed by atoms with Crippen molar-refractivity contribution in [3.8, 4) is 0 Å². The van der Waals surface area contributed by atoms with Crippen LogP contribution in [0.1, 0.15) is 141 Å². The molecule has 3 rings (SSSR count). The van der Waals surface area contributed by atoms with Crippen molar-refractivity contribution in [3.05, 3.63) is 143 Å². The molecule has 1 nitrogen and oxygen atoms in total. The minimum atomic E-state index is -0.131. The molecule has 0 fully saturated rings. The first-order valence-corrected chi connectivity index (χ1v) is 21.3.